The molecule has 156 valence electrons. The number of nitrogens with zero attached hydrogens (tertiary/aromatic N) is 2. The molecule has 1 aromatic carbocycles. The monoisotopic (exact) mass is 423 g/mol. The lowest BCUT2D eigenvalue weighted by Gasteiger charge is -2.18. The second-order valence-corrected chi connectivity index (χ2v) is 8.11. The molecule has 1 amide bonds. The van der Waals surface area contributed by atoms with Crippen LogP contribution in [0.15, 0.2) is 75.7 Å². The summed E-state index contributed by atoms with van der Waals surface area (Å²) in [6.45, 7) is 0. The minimum atomic E-state index is -0.629. The molecule has 2 aromatic rings. The second kappa shape index (κ2) is 10.6. The molecule has 1 atom stereocenters. The summed E-state index contributed by atoms with van der Waals surface area (Å²) in [6, 6.07) is 8.93. The third kappa shape index (κ3) is 5.97. The number of aldehydes is 1. The van der Waals surface area contributed by atoms with E-state index in [2.05, 4.69) is 22.6 Å². The second-order valence-electron chi connectivity index (χ2n) is 7.05. The maximum absolute atomic E-state index is 12.5. The maximum Gasteiger partial charge on any atom is 0.274 e. The van der Waals surface area contributed by atoms with Gasteiger partial charge in [-0.1, -0.05) is 47.7 Å². The molecule has 1 aromatic heterocycles. The van der Waals surface area contributed by atoms with E-state index in [4.69, 9.17) is 4.52 Å². The summed E-state index contributed by atoms with van der Waals surface area (Å²) in [4.78, 5) is 27.1. The Morgan fingerprint density at radius 2 is 2.17 bits per heavy atom. The van der Waals surface area contributed by atoms with Crippen molar-refractivity contribution in [2.75, 3.05) is 24.7 Å². The summed E-state index contributed by atoms with van der Waals surface area (Å²) < 4.78 is 5.31. The molecule has 0 radical (unpaired) electrons. The van der Waals surface area contributed by atoms with Crippen molar-refractivity contribution < 1.29 is 14.1 Å². The van der Waals surface area contributed by atoms with Crippen molar-refractivity contribution >= 4 is 29.6 Å². The number of thioether (sulfide) groups is 1. The van der Waals surface area contributed by atoms with Crippen LogP contribution in [0, 0.1) is 0 Å². The van der Waals surface area contributed by atoms with E-state index in [1.54, 1.807) is 6.07 Å². The van der Waals surface area contributed by atoms with Crippen LogP contribution >= 0.6 is 11.8 Å². The van der Waals surface area contributed by atoms with Crippen molar-refractivity contribution in [3.05, 3.63) is 77.7 Å². The number of anilines is 1. The fourth-order valence-corrected chi connectivity index (χ4v) is 4.03. The van der Waals surface area contributed by atoms with Gasteiger partial charge in [0.05, 0.1) is 6.04 Å². The molecule has 0 saturated heterocycles. The number of aromatic nitrogens is 1. The first-order valence-electron chi connectivity index (χ1n) is 9.70. The highest BCUT2D eigenvalue weighted by atomic mass is 32.2. The van der Waals surface area contributed by atoms with Gasteiger partial charge in [0.15, 0.2) is 5.69 Å². The molecule has 7 heteroatoms. The Morgan fingerprint density at radius 3 is 2.97 bits per heavy atom. The average Bonchev–Trinajstić information content (AvgIpc) is 3.06. The predicted octanol–water partition coefficient (Wildman–Crippen LogP) is 3.82. The zero-order valence-corrected chi connectivity index (χ0v) is 17.9. The van der Waals surface area contributed by atoms with Crippen LogP contribution in [-0.2, 0) is 11.2 Å². The van der Waals surface area contributed by atoms with Gasteiger partial charge in [0.25, 0.3) is 5.91 Å². The summed E-state index contributed by atoms with van der Waals surface area (Å²) in [6.07, 6.45) is 12.4. The summed E-state index contributed by atoms with van der Waals surface area (Å²) in [7, 11) is 3.94. The van der Waals surface area contributed by atoms with Crippen LogP contribution in [0.3, 0.4) is 0 Å². The Morgan fingerprint density at radius 1 is 1.33 bits per heavy atom. The lowest BCUT2D eigenvalue weighted by molar-refractivity contribution is -0.109. The van der Waals surface area contributed by atoms with Crippen molar-refractivity contribution in [3.8, 4) is 0 Å². The van der Waals surface area contributed by atoms with Crippen LogP contribution in [0.1, 0.15) is 22.7 Å². The quantitative estimate of drug-likeness (QED) is 0.488. The van der Waals surface area contributed by atoms with E-state index in [0.717, 1.165) is 28.9 Å². The number of rotatable bonds is 9. The van der Waals surface area contributed by atoms with Gasteiger partial charge in [0, 0.05) is 42.9 Å². The van der Waals surface area contributed by atoms with Crippen LogP contribution in [0.25, 0.3) is 0 Å². The number of hydrogen-bond donors (Lipinski definition) is 1. The van der Waals surface area contributed by atoms with Crippen LogP contribution < -0.4 is 10.2 Å². The summed E-state index contributed by atoms with van der Waals surface area (Å²) in [5, 5.41) is 6.59. The van der Waals surface area contributed by atoms with Gasteiger partial charge in [-0.3, -0.25) is 4.79 Å². The molecule has 1 aliphatic carbocycles. The smallest absolute Gasteiger partial charge is 0.274 e. The third-order valence-corrected chi connectivity index (χ3v) is 5.65. The van der Waals surface area contributed by atoms with Gasteiger partial charge >= 0.3 is 0 Å². The van der Waals surface area contributed by atoms with E-state index in [1.807, 2.05) is 61.5 Å². The molecular formula is C23H25N3O3S. The maximum atomic E-state index is 12.5. The normalized spacial score (nSPS) is 14.0. The van der Waals surface area contributed by atoms with Gasteiger partial charge in [0.1, 0.15) is 12.0 Å². The molecule has 0 aliphatic heterocycles. The Kier molecular flexibility index (Phi) is 7.68. The first-order chi connectivity index (χ1) is 14.6. The van der Waals surface area contributed by atoms with Crippen LogP contribution in [0.4, 0.5) is 5.69 Å². The van der Waals surface area contributed by atoms with Gasteiger partial charge in [-0.2, -0.15) is 0 Å². The summed E-state index contributed by atoms with van der Waals surface area (Å²) in [5.74, 6) is 0.603. The largest absolute Gasteiger partial charge is 0.377 e. The van der Waals surface area contributed by atoms with E-state index in [0.29, 0.717) is 17.9 Å². The number of para-hydroxylation sites is 1. The van der Waals surface area contributed by atoms with Crippen LogP contribution in [-0.4, -0.2) is 43.2 Å². The molecule has 1 aliphatic rings. The van der Waals surface area contributed by atoms with E-state index < -0.39 is 11.9 Å². The molecule has 6 nitrogen and oxygen atoms in total. The number of carbonyl (C=O) groups is 2. The number of allylic oxidation sites excluding steroid dienone is 6. The number of hydrogen-bond acceptors (Lipinski definition) is 6. The van der Waals surface area contributed by atoms with E-state index >= 15 is 0 Å². The van der Waals surface area contributed by atoms with Gasteiger partial charge in [-0.05, 0) is 24.1 Å². The Balaban J connectivity index is 1.58. The van der Waals surface area contributed by atoms with Crippen LogP contribution in [0.5, 0.6) is 0 Å². The molecule has 0 spiro atoms. The standard InChI is InChI=1S/C23H25N3O3S/c1-26(2)21-11-7-8-12-22(21)30-16-18(15-27)24-23(28)20-14-19(29-25-20)13-17-9-5-3-4-6-10-17/h3,5-12,14-15,18H,4,13,16H2,1-2H3,(H,24,28)/t18-/m1/s1. The number of nitrogens with one attached hydrogen (secondary N) is 1. The Labute approximate surface area is 180 Å². The molecule has 3 rings (SSSR count). The van der Waals surface area contributed by atoms with Crippen molar-refractivity contribution in [3.63, 3.8) is 0 Å². The highest BCUT2D eigenvalue weighted by Gasteiger charge is 2.18. The topological polar surface area (TPSA) is 75.4 Å². The third-order valence-electron chi connectivity index (χ3n) is 4.47. The molecule has 0 saturated carbocycles. The number of carbonyl (C=O) groups excluding carboxylic acids is 2. The summed E-state index contributed by atoms with van der Waals surface area (Å²) >= 11 is 1.52. The highest BCUT2D eigenvalue weighted by molar-refractivity contribution is 7.99. The number of benzene rings is 1. The van der Waals surface area contributed by atoms with Gasteiger partial charge in [0.2, 0.25) is 0 Å². The number of amides is 1. The van der Waals surface area contributed by atoms with Gasteiger partial charge in [-0.25, -0.2) is 0 Å². The lowest BCUT2D eigenvalue weighted by atomic mass is 10.1. The minimum absolute atomic E-state index is 0.171. The SMILES string of the molecule is CN(C)c1ccccc1SC[C@@H](C=O)NC(=O)c1cc(CC2=CC=CCC=C2)on1. The molecule has 1 N–H and O–H groups in total. The zero-order chi connectivity index (χ0) is 21.3. The molecule has 30 heavy (non-hydrogen) atoms. The fourth-order valence-electron chi connectivity index (χ4n) is 2.93. The first kappa shape index (κ1) is 21.6. The van der Waals surface area contributed by atoms with Crippen molar-refractivity contribution in [2.24, 2.45) is 0 Å². The lowest BCUT2D eigenvalue weighted by Crippen LogP contribution is -2.38. The van der Waals surface area contributed by atoms with Crippen LogP contribution in [0.2, 0.25) is 0 Å². The fraction of sp³-hybridized carbons (Fsp3) is 0.261. The van der Waals surface area contributed by atoms with E-state index in [9.17, 15) is 9.59 Å². The predicted molar refractivity (Wildman–Crippen MR) is 120 cm³/mol. The van der Waals surface area contributed by atoms with E-state index in [-0.39, 0.29) is 5.69 Å². The molecule has 0 unspecified atom stereocenters. The molecule has 0 fully saturated rings. The van der Waals surface area contributed by atoms with Gasteiger partial charge in [-0.15, -0.1) is 11.8 Å². The Bertz CT molecular complexity index is 976. The van der Waals surface area contributed by atoms with E-state index in [1.165, 1.54) is 11.8 Å². The van der Waals surface area contributed by atoms with Crippen molar-refractivity contribution in [1.29, 1.82) is 0 Å². The average molecular weight is 424 g/mol. The zero-order valence-electron chi connectivity index (χ0n) is 17.1. The first-order valence-corrected chi connectivity index (χ1v) is 10.7. The summed E-state index contributed by atoms with van der Waals surface area (Å²) in [5.41, 5.74) is 2.31. The Hall–Kier alpha value is -3.06. The van der Waals surface area contributed by atoms with Crippen molar-refractivity contribution in [1.82, 2.24) is 10.5 Å². The molecule has 1 heterocycles. The van der Waals surface area contributed by atoms with Gasteiger partial charge < -0.3 is 19.5 Å². The minimum Gasteiger partial charge on any atom is -0.377 e. The molecular weight excluding hydrogens is 398 g/mol. The molecule has 0 bridgehead atoms. The highest BCUT2D eigenvalue weighted by Crippen LogP contribution is 2.29. The van der Waals surface area contributed by atoms with Crippen molar-refractivity contribution in [2.45, 2.75) is 23.8 Å².